The number of benzene rings is 1. The van der Waals surface area contributed by atoms with Crippen molar-refractivity contribution in [2.45, 2.75) is 96.8 Å². The second-order valence-corrected chi connectivity index (χ2v) is 6.79. The normalized spacial score (nSPS) is 10.7. The van der Waals surface area contributed by atoms with E-state index in [0.29, 0.717) is 5.69 Å². The Hall–Kier alpha value is -0.580. The van der Waals surface area contributed by atoms with E-state index in [9.17, 15) is 5.21 Å². The van der Waals surface area contributed by atoms with E-state index in [1.54, 1.807) is 30.3 Å². The molecular formula is C22H39N2NaO2. The van der Waals surface area contributed by atoms with Crippen LogP contribution in [0.4, 0.5) is 5.69 Å². The van der Waals surface area contributed by atoms with Crippen LogP contribution in [0.15, 0.2) is 35.6 Å². The Balaban J connectivity index is 0. The van der Waals surface area contributed by atoms with Gasteiger partial charge in [-0.05, 0) is 4.86 Å². The predicted molar refractivity (Wildman–Crippen MR) is 110 cm³/mol. The van der Waals surface area contributed by atoms with Gasteiger partial charge >= 0.3 is 29.6 Å². The molecule has 0 unspecified atom stereocenters. The summed E-state index contributed by atoms with van der Waals surface area (Å²) in [5, 5.41) is 21.0. The Kier molecular flexibility index (Phi) is 24.9. The average molecular weight is 387 g/mol. The van der Waals surface area contributed by atoms with Crippen molar-refractivity contribution in [3.8, 4) is 0 Å². The van der Waals surface area contributed by atoms with E-state index in [-0.39, 0.29) is 34.4 Å². The number of para-hydroxylation sites is 1. The second-order valence-electron chi connectivity index (χ2n) is 6.79. The zero-order chi connectivity index (χ0) is 19.3. The van der Waals surface area contributed by atoms with Gasteiger partial charge in [0.2, 0.25) is 11.0 Å². The van der Waals surface area contributed by atoms with Crippen LogP contribution in [0.25, 0.3) is 0 Å². The summed E-state index contributed by atoms with van der Waals surface area (Å²) >= 11 is 0. The summed E-state index contributed by atoms with van der Waals surface area (Å²) in [5.74, 6) is 0. The van der Waals surface area contributed by atoms with Crippen molar-refractivity contribution >= 4 is 5.69 Å². The van der Waals surface area contributed by atoms with Crippen molar-refractivity contribution in [2.24, 2.45) is 5.28 Å². The topological polar surface area (TPSA) is 58.7 Å². The fraction of sp³-hybridized carbons (Fsp3) is 0.682. The summed E-state index contributed by atoms with van der Waals surface area (Å²) in [5.41, 5.74) is 0.310. The van der Waals surface area contributed by atoms with Crippen molar-refractivity contribution in [1.29, 1.82) is 0 Å². The molecule has 0 saturated carbocycles. The molecule has 0 aliphatic rings. The van der Waals surface area contributed by atoms with Crippen LogP contribution in [-0.4, -0.2) is 10.1 Å². The Morgan fingerprint density at radius 2 is 1.22 bits per heavy atom. The van der Waals surface area contributed by atoms with E-state index >= 15 is 0 Å². The molecule has 5 heteroatoms. The predicted octanol–water partition coefficient (Wildman–Crippen LogP) is 4.98. The van der Waals surface area contributed by atoms with Gasteiger partial charge in [-0.2, -0.15) is 6.42 Å². The standard InChI is InChI=1S/C16H33.C6H6N2O2.Na/c1-3-5-7-9-11-13-15-16-14-12-10-8-6-4-2;9-7-8(10)6-4-2-1-3-5-6;/h1,3-16H2,2H3;1-5,9H;/q-1;;+1. The van der Waals surface area contributed by atoms with Crippen LogP contribution in [-0.2, 0) is 0 Å². The fourth-order valence-electron chi connectivity index (χ4n) is 2.80. The summed E-state index contributed by atoms with van der Waals surface area (Å²) in [4.78, 5) is 0.139. The number of unbranched alkanes of at least 4 members (excludes halogenated alkanes) is 13. The van der Waals surface area contributed by atoms with Crippen LogP contribution < -0.4 is 29.6 Å². The minimum absolute atomic E-state index is 0. The molecule has 0 aliphatic carbocycles. The molecule has 0 bridgehead atoms. The quantitative estimate of drug-likeness (QED) is 0.122. The van der Waals surface area contributed by atoms with Gasteiger partial charge in [-0.25, -0.2) is 0 Å². The summed E-state index contributed by atoms with van der Waals surface area (Å²) in [6.45, 7) is 6.16. The fourth-order valence-corrected chi connectivity index (χ4v) is 2.80. The van der Waals surface area contributed by atoms with Crippen LogP contribution in [0.2, 0.25) is 0 Å². The zero-order valence-corrected chi connectivity index (χ0v) is 19.7. The maximum Gasteiger partial charge on any atom is 1.00 e. The van der Waals surface area contributed by atoms with Crippen LogP contribution in [0.3, 0.4) is 0 Å². The molecule has 0 fully saturated rings. The van der Waals surface area contributed by atoms with Gasteiger partial charge in [-0.15, -0.1) is 0 Å². The van der Waals surface area contributed by atoms with Crippen molar-refractivity contribution < 1.29 is 39.6 Å². The largest absolute Gasteiger partial charge is 1.00 e. The molecular weight excluding hydrogens is 347 g/mol. The Morgan fingerprint density at radius 3 is 1.59 bits per heavy atom. The summed E-state index contributed by atoms with van der Waals surface area (Å²) in [6, 6.07) is 8.24. The van der Waals surface area contributed by atoms with E-state index < -0.39 is 0 Å². The van der Waals surface area contributed by atoms with Gasteiger partial charge in [0.25, 0.3) is 0 Å². The van der Waals surface area contributed by atoms with Crippen molar-refractivity contribution in [3.05, 3.63) is 42.5 Å². The molecule has 0 saturated heterocycles. The van der Waals surface area contributed by atoms with Gasteiger partial charge in [-0.3, -0.25) is 0 Å². The molecule has 0 aromatic heterocycles. The monoisotopic (exact) mass is 386 g/mol. The molecule has 150 valence electrons. The third-order valence-corrected chi connectivity index (χ3v) is 4.41. The van der Waals surface area contributed by atoms with Gasteiger partial charge in [0, 0.05) is 12.1 Å². The molecule has 0 spiro atoms. The molecule has 1 aromatic rings. The molecule has 1 aromatic carbocycles. The van der Waals surface area contributed by atoms with Gasteiger partial charge < -0.3 is 17.3 Å². The first-order chi connectivity index (χ1) is 12.8. The van der Waals surface area contributed by atoms with E-state index in [1.165, 1.54) is 83.5 Å². The van der Waals surface area contributed by atoms with E-state index in [2.05, 4.69) is 19.1 Å². The van der Waals surface area contributed by atoms with Gasteiger partial charge in [-0.1, -0.05) is 109 Å². The van der Waals surface area contributed by atoms with Crippen LogP contribution >= 0.6 is 0 Å². The van der Waals surface area contributed by atoms with Crippen molar-refractivity contribution in [3.63, 3.8) is 0 Å². The van der Waals surface area contributed by atoms with Crippen LogP contribution in [0, 0.1) is 12.1 Å². The zero-order valence-electron chi connectivity index (χ0n) is 17.7. The Bertz CT molecular complexity index is 414. The van der Waals surface area contributed by atoms with Crippen molar-refractivity contribution in [1.82, 2.24) is 0 Å². The van der Waals surface area contributed by atoms with E-state index in [4.69, 9.17) is 5.21 Å². The Morgan fingerprint density at radius 1 is 0.815 bits per heavy atom. The number of hydrogen-bond donors (Lipinski definition) is 1. The molecule has 4 nitrogen and oxygen atoms in total. The van der Waals surface area contributed by atoms with E-state index in [0.717, 1.165) is 6.42 Å². The number of nitrogens with zero attached hydrogens (tertiary/aromatic N) is 2. The summed E-state index contributed by atoms with van der Waals surface area (Å²) in [7, 11) is 0. The molecule has 1 N–H and O–H groups in total. The van der Waals surface area contributed by atoms with Crippen LogP contribution in [0.1, 0.15) is 96.8 Å². The smallest absolute Gasteiger partial charge is 0.592 e. The first-order valence-electron chi connectivity index (χ1n) is 10.4. The summed E-state index contributed by atoms with van der Waals surface area (Å²) in [6.07, 6.45) is 19.8. The number of hydrogen-bond acceptors (Lipinski definition) is 2. The Labute approximate surface area is 189 Å². The molecule has 0 atom stereocenters. The minimum atomic E-state index is 0. The molecule has 27 heavy (non-hydrogen) atoms. The first kappa shape index (κ1) is 28.6. The van der Waals surface area contributed by atoms with E-state index in [1.807, 2.05) is 0 Å². The third-order valence-electron chi connectivity index (χ3n) is 4.41. The van der Waals surface area contributed by atoms with Gasteiger partial charge in [0.05, 0.1) is 0 Å². The number of rotatable bonds is 14. The second kappa shape index (κ2) is 23.5. The van der Waals surface area contributed by atoms with Gasteiger partial charge in [0.15, 0.2) is 0 Å². The summed E-state index contributed by atoms with van der Waals surface area (Å²) < 4.78 is 0. The first-order valence-corrected chi connectivity index (χ1v) is 10.4. The maximum atomic E-state index is 10.5. The molecule has 1 rings (SSSR count). The SMILES string of the molecule is [CH2-]CCCCCCCCCCCCCCC.[Na+].[O-][N+](=NO)c1ccccc1. The molecule has 0 heterocycles. The average Bonchev–Trinajstić information content (AvgIpc) is 2.69. The molecule has 0 amide bonds. The third kappa shape index (κ3) is 20.0. The minimum Gasteiger partial charge on any atom is -0.592 e. The maximum absolute atomic E-state index is 10.5. The molecule has 0 radical (unpaired) electrons. The van der Waals surface area contributed by atoms with Crippen LogP contribution in [0.5, 0.6) is 0 Å². The van der Waals surface area contributed by atoms with Gasteiger partial charge in [0.1, 0.15) is 0 Å². The van der Waals surface area contributed by atoms with Crippen molar-refractivity contribution in [2.75, 3.05) is 0 Å². The molecule has 0 aliphatic heterocycles.